The molecule has 3 atom stereocenters. The van der Waals surface area contributed by atoms with Crippen LogP contribution in [0.5, 0.6) is 0 Å². The maximum absolute atomic E-state index is 12.4. The monoisotopic (exact) mass is 293 g/mol. The summed E-state index contributed by atoms with van der Waals surface area (Å²) in [6.45, 7) is 7.02. The first-order valence-electron chi connectivity index (χ1n) is 7.35. The Labute approximate surface area is 127 Å². The number of aliphatic hydroxyl groups is 2. The van der Waals surface area contributed by atoms with E-state index < -0.39 is 11.7 Å². The zero-order valence-corrected chi connectivity index (χ0v) is 13.6. The molecule has 1 aromatic rings. The van der Waals surface area contributed by atoms with Crippen LogP contribution in [0.2, 0.25) is 0 Å². The highest BCUT2D eigenvalue weighted by atomic mass is 16.3. The molecule has 0 saturated carbocycles. The first-order chi connectivity index (χ1) is 9.63. The summed E-state index contributed by atoms with van der Waals surface area (Å²) in [5.41, 5.74) is -0.0863. The van der Waals surface area contributed by atoms with Gasteiger partial charge in [-0.2, -0.15) is 0 Å². The molecule has 1 rings (SSSR count). The van der Waals surface area contributed by atoms with Crippen LogP contribution in [0.1, 0.15) is 45.8 Å². The smallest absolute Gasteiger partial charge is 0.225 e. The maximum atomic E-state index is 12.4. The van der Waals surface area contributed by atoms with Crippen LogP contribution in [0.15, 0.2) is 30.3 Å². The van der Waals surface area contributed by atoms with Crippen LogP contribution in [-0.4, -0.2) is 39.7 Å². The van der Waals surface area contributed by atoms with Crippen LogP contribution in [0, 0.1) is 5.92 Å². The molecule has 0 aliphatic rings. The SMILES string of the molecule is C[C@@H](CC(C)(C)O)C(=O)N(C)[C@@H](C)[C@@H](O)c1ccccc1. The molecule has 1 amide bonds. The van der Waals surface area contributed by atoms with Gasteiger partial charge in [0.25, 0.3) is 0 Å². The number of rotatable bonds is 6. The highest BCUT2D eigenvalue weighted by Crippen LogP contribution is 2.23. The van der Waals surface area contributed by atoms with Crippen molar-refractivity contribution in [1.29, 1.82) is 0 Å². The molecule has 0 unspecified atom stereocenters. The van der Waals surface area contributed by atoms with Crippen molar-refractivity contribution in [3.8, 4) is 0 Å². The van der Waals surface area contributed by atoms with E-state index in [2.05, 4.69) is 0 Å². The predicted octanol–water partition coefficient (Wildman–Crippen LogP) is 2.36. The van der Waals surface area contributed by atoms with Crippen molar-refractivity contribution >= 4 is 5.91 Å². The molecular weight excluding hydrogens is 266 g/mol. The summed E-state index contributed by atoms with van der Waals surface area (Å²) in [6, 6.07) is 8.98. The number of nitrogens with zero attached hydrogens (tertiary/aromatic N) is 1. The summed E-state index contributed by atoms with van der Waals surface area (Å²) in [7, 11) is 1.69. The van der Waals surface area contributed by atoms with Gasteiger partial charge in [-0.1, -0.05) is 37.3 Å². The Balaban J connectivity index is 2.73. The number of hydrogen-bond donors (Lipinski definition) is 2. The molecule has 1 aromatic carbocycles. The van der Waals surface area contributed by atoms with E-state index in [1.165, 1.54) is 0 Å². The topological polar surface area (TPSA) is 60.8 Å². The van der Waals surface area contributed by atoms with Crippen molar-refractivity contribution in [2.45, 2.75) is 51.9 Å². The molecule has 21 heavy (non-hydrogen) atoms. The Morgan fingerprint density at radius 3 is 2.24 bits per heavy atom. The molecule has 0 saturated heterocycles. The van der Waals surface area contributed by atoms with Gasteiger partial charge in [0.05, 0.1) is 17.7 Å². The predicted molar refractivity (Wildman–Crippen MR) is 83.7 cm³/mol. The third-order valence-corrected chi connectivity index (χ3v) is 3.78. The molecule has 2 N–H and O–H groups in total. The Bertz CT molecular complexity index is 453. The molecule has 0 aromatic heterocycles. The third kappa shape index (κ3) is 5.14. The second-order valence-corrected chi connectivity index (χ2v) is 6.46. The summed E-state index contributed by atoms with van der Waals surface area (Å²) >= 11 is 0. The molecule has 0 fully saturated rings. The number of benzene rings is 1. The van der Waals surface area contributed by atoms with Crippen LogP contribution in [-0.2, 0) is 4.79 Å². The van der Waals surface area contributed by atoms with Crippen molar-refractivity contribution in [1.82, 2.24) is 4.90 Å². The van der Waals surface area contributed by atoms with Gasteiger partial charge in [-0.25, -0.2) is 0 Å². The minimum absolute atomic E-state index is 0.0698. The second kappa shape index (κ2) is 7.05. The van der Waals surface area contributed by atoms with Gasteiger partial charge in [0.1, 0.15) is 0 Å². The molecule has 4 heteroatoms. The van der Waals surface area contributed by atoms with E-state index in [1.807, 2.05) is 37.3 Å². The molecule has 0 bridgehead atoms. The van der Waals surface area contributed by atoms with Gasteiger partial charge in [0, 0.05) is 13.0 Å². The number of amides is 1. The number of carbonyl (C=O) groups excluding carboxylic acids is 1. The van der Waals surface area contributed by atoms with Gasteiger partial charge in [-0.05, 0) is 32.8 Å². The van der Waals surface area contributed by atoms with E-state index in [4.69, 9.17) is 0 Å². The summed E-state index contributed by atoms with van der Waals surface area (Å²) in [5, 5.41) is 20.2. The average Bonchev–Trinajstić information content (AvgIpc) is 2.43. The fourth-order valence-electron chi connectivity index (χ4n) is 2.53. The van der Waals surface area contributed by atoms with Gasteiger partial charge in [-0.3, -0.25) is 4.79 Å². The normalized spacial score (nSPS) is 16.1. The molecule has 4 nitrogen and oxygen atoms in total. The third-order valence-electron chi connectivity index (χ3n) is 3.78. The lowest BCUT2D eigenvalue weighted by Gasteiger charge is -2.32. The molecule has 0 aliphatic carbocycles. The Morgan fingerprint density at radius 1 is 1.24 bits per heavy atom. The van der Waals surface area contributed by atoms with Gasteiger partial charge in [-0.15, -0.1) is 0 Å². The number of aliphatic hydroxyl groups excluding tert-OH is 1. The van der Waals surface area contributed by atoms with Crippen molar-refractivity contribution < 1.29 is 15.0 Å². The summed E-state index contributed by atoms with van der Waals surface area (Å²) < 4.78 is 0. The number of likely N-dealkylation sites (N-methyl/N-ethyl adjacent to an activating group) is 1. The van der Waals surface area contributed by atoms with E-state index in [-0.39, 0.29) is 17.9 Å². The minimum atomic E-state index is -0.878. The largest absolute Gasteiger partial charge is 0.390 e. The van der Waals surface area contributed by atoms with E-state index in [0.29, 0.717) is 6.42 Å². The van der Waals surface area contributed by atoms with E-state index in [9.17, 15) is 15.0 Å². The van der Waals surface area contributed by atoms with Gasteiger partial charge in [0.2, 0.25) is 5.91 Å². The molecule has 118 valence electrons. The molecular formula is C17H27NO3. The summed E-state index contributed by atoms with van der Waals surface area (Å²) in [4.78, 5) is 14.0. The Kier molecular flexibility index (Phi) is 5.93. The van der Waals surface area contributed by atoms with E-state index >= 15 is 0 Å². The van der Waals surface area contributed by atoms with Crippen LogP contribution < -0.4 is 0 Å². The van der Waals surface area contributed by atoms with Crippen molar-refractivity contribution in [2.75, 3.05) is 7.05 Å². The van der Waals surface area contributed by atoms with E-state index in [0.717, 1.165) is 5.56 Å². The van der Waals surface area contributed by atoms with Crippen molar-refractivity contribution in [2.24, 2.45) is 5.92 Å². The quantitative estimate of drug-likeness (QED) is 0.846. The highest BCUT2D eigenvalue weighted by molar-refractivity contribution is 5.78. The number of carbonyl (C=O) groups is 1. The lowest BCUT2D eigenvalue weighted by Crippen LogP contribution is -2.43. The lowest BCUT2D eigenvalue weighted by molar-refractivity contribution is -0.139. The van der Waals surface area contributed by atoms with Crippen LogP contribution in [0.3, 0.4) is 0 Å². The van der Waals surface area contributed by atoms with Gasteiger partial charge < -0.3 is 15.1 Å². The Hall–Kier alpha value is -1.39. The summed E-state index contributed by atoms with van der Waals surface area (Å²) in [5.74, 6) is -0.361. The fraction of sp³-hybridized carbons (Fsp3) is 0.588. The van der Waals surface area contributed by atoms with Crippen LogP contribution >= 0.6 is 0 Å². The Morgan fingerprint density at radius 2 is 1.76 bits per heavy atom. The average molecular weight is 293 g/mol. The second-order valence-electron chi connectivity index (χ2n) is 6.46. The zero-order valence-electron chi connectivity index (χ0n) is 13.6. The van der Waals surface area contributed by atoms with Crippen molar-refractivity contribution in [3.05, 3.63) is 35.9 Å². The maximum Gasteiger partial charge on any atom is 0.225 e. The van der Waals surface area contributed by atoms with Crippen LogP contribution in [0.4, 0.5) is 0 Å². The number of hydrogen-bond acceptors (Lipinski definition) is 3. The lowest BCUT2D eigenvalue weighted by atomic mass is 9.93. The standard InChI is InChI=1S/C17H27NO3/c1-12(11-17(3,4)21)16(20)18(5)13(2)15(19)14-9-7-6-8-10-14/h6-10,12-13,15,19,21H,11H2,1-5H3/t12-,13-,15+/m0/s1. The fourth-order valence-corrected chi connectivity index (χ4v) is 2.53. The first kappa shape index (κ1) is 17.7. The first-order valence-corrected chi connectivity index (χ1v) is 7.35. The molecule has 0 spiro atoms. The highest BCUT2D eigenvalue weighted by Gasteiger charge is 2.29. The summed E-state index contributed by atoms with van der Waals surface area (Å²) in [6.07, 6.45) is -0.334. The zero-order chi connectivity index (χ0) is 16.2. The van der Waals surface area contributed by atoms with E-state index in [1.54, 1.807) is 32.7 Å². The van der Waals surface area contributed by atoms with Gasteiger partial charge >= 0.3 is 0 Å². The van der Waals surface area contributed by atoms with Gasteiger partial charge in [0.15, 0.2) is 0 Å². The molecule has 0 aliphatic heterocycles. The molecule has 0 heterocycles. The molecule has 0 radical (unpaired) electrons. The van der Waals surface area contributed by atoms with Crippen LogP contribution in [0.25, 0.3) is 0 Å². The van der Waals surface area contributed by atoms with Crippen molar-refractivity contribution in [3.63, 3.8) is 0 Å². The minimum Gasteiger partial charge on any atom is -0.390 e.